The fourth-order valence-electron chi connectivity index (χ4n) is 6.52. The number of hydrogen-bond acceptors (Lipinski definition) is 5. The largest absolute Gasteiger partial charge is 0.416 e. The summed E-state index contributed by atoms with van der Waals surface area (Å²) in [4.78, 5) is 35.5. The highest BCUT2D eigenvalue weighted by Crippen LogP contribution is 2.37. The van der Waals surface area contributed by atoms with E-state index in [2.05, 4.69) is 4.90 Å². The molecule has 0 aliphatic carbocycles. The topological polar surface area (TPSA) is 53.5 Å². The molecule has 0 radical (unpaired) electrons. The lowest BCUT2D eigenvalue weighted by molar-refractivity contribution is -0.137. The summed E-state index contributed by atoms with van der Waals surface area (Å²) >= 11 is 1.54. The van der Waals surface area contributed by atoms with Crippen LogP contribution in [0.5, 0.6) is 0 Å². The van der Waals surface area contributed by atoms with E-state index in [0.717, 1.165) is 49.6 Å². The summed E-state index contributed by atoms with van der Waals surface area (Å²) in [6, 6.07) is 12.0. The molecule has 5 nitrogen and oxygen atoms in total. The Bertz CT molecular complexity index is 1370. The number of fused-ring (bicyclic) bond motifs is 3. The van der Waals surface area contributed by atoms with Crippen molar-refractivity contribution in [1.82, 2.24) is 14.8 Å². The number of aromatic nitrogens is 1. The zero-order chi connectivity index (χ0) is 27.9. The number of benzene rings is 2. The van der Waals surface area contributed by atoms with Crippen molar-refractivity contribution in [2.75, 3.05) is 32.7 Å². The number of carbonyl (C=O) groups is 2. The molecule has 1 amide bonds. The van der Waals surface area contributed by atoms with E-state index < -0.39 is 11.7 Å². The number of thiazole rings is 1. The molecule has 7 rings (SSSR count). The molecule has 3 aromatic rings. The molecule has 4 aliphatic rings. The summed E-state index contributed by atoms with van der Waals surface area (Å²) in [5.41, 5.74) is 1.55. The number of amides is 1. The van der Waals surface area contributed by atoms with Crippen LogP contribution >= 0.6 is 11.3 Å². The van der Waals surface area contributed by atoms with Crippen LogP contribution in [0.25, 0.3) is 11.1 Å². The highest BCUT2D eigenvalue weighted by atomic mass is 32.1. The first-order valence-corrected chi connectivity index (χ1v) is 14.9. The first-order chi connectivity index (χ1) is 19.3. The molecular weight excluding hydrogens is 535 g/mol. The van der Waals surface area contributed by atoms with Gasteiger partial charge >= 0.3 is 6.18 Å². The van der Waals surface area contributed by atoms with Gasteiger partial charge in [-0.2, -0.15) is 13.2 Å². The van der Waals surface area contributed by atoms with Crippen molar-refractivity contribution in [2.45, 2.75) is 44.2 Å². The summed E-state index contributed by atoms with van der Waals surface area (Å²) in [6.07, 6.45) is 0.0927. The van der Waals surface area contributed by atoms with Gasteiger partial charge in [-0.3, -0.25) is 9.59 Å². The Labute approximate surface area is 236 Å². The lowest BCUT2D eigenvalue weighted by Crippen LogP contribution is -2.47. The number of rotatable bonds is 6. The highest BCUT2D eigenvalue weighted by Gasteiger charge is 2.36. The van der Waals surface area contributed by atoms with Gasteiger partial charge in [0.05, 0.1) is 10.6 Å². The molecule has 0 saturated carbocycles. The van der Waals surface area contributed by atoms with Crippen molar-refractivity contribution < 1.29 is 22.8 Å². The first-order valence-electron chi connectivity index (χ1n) is 14.0. The second kappa shape index (κ2) is 11.1. The van der Waals surface area contributed by atoms with E-state index in [0.29, 0.717) is 53.7 Å². The molecule has 40 heavy (non-hydrogen) atoms. The maximum Gasteiger partial charge on any atom is 0.416 e. The fraction of sp³-hybridized carbons (Fsp3) is 0.452. The SMILES string of the molecule is O=C(CC1CN2CCC1CC2)c1csc(C2CCN(C(=O)c3ccccc3-c3ccc(C(F)(F)F)cc3)CC2)n1. The smallest absolute Gasteiger partial charge is 0.339 e. The molecule has 0 N–H and O–H groups in total. The van der Waals surface area contributed by atoms with Gasteiger partial charge in [-0.15, -0.1) is 11.3 Å². The third-order valence-electron chi connectivity index (χ3n) is 8.86. The number of ketones is 1. The second-order valence-electron chi connectivity index (χ2n) is 11.3. The maximum absolute atomic E-state index is 13.5. The maximum atomic E-state index is 13.5. The van der Waals surface area contributed by atoms with Gasteiger partial charge < -0.3 is 9.80 Å². The molecule has 1 atom stereocenters. The van der Waals surface area contributed by atoms with Gasteiger partial charge in [0, 0.05) is 42.9 Å². The summed E-state index contributed by atoms with van der Waals surface area (Å²) in [6.45, 7) is 4.48. The number of halogens is 3. The van der Waals surface area contributed by atoms with Gasteiger partial charge in [-0.1, -0.05) is 30.3 Å². The van der Waals surface area contributed by atoms with Gasteiger partial charge in [0.15, 0.2) is 5.78 Å². The van der Waals surface area contributed by atoms with Crippen molar-refractivity contribution in [2.24, 2.45) is 11.8 Å². The van der Waals surface area contributed by atoms with Crippen LogP contribution < -0.4 is 0 Å². The second-order valence-corrected chi connectivity index (χ2v) is 12.2. The van der Waals surface area contributed by atoms with E-state index in [9.17, 15) is 22.8 Å². The zero-order valence-electron chi connectivity index (χ0n) is 22.2. The van der Waals surface area contributed by atoms with Crippen molar-refractivity contribution >= 4 is 23.0 Å². The molecule has 2 bridgehead atoms. The van der Waals surface area contributed by atoms with Gasteiger partial charge in [-0.25, -0.2) is 4.98 Å². The molecule has 1 unspecified atom stereocenters. The summed E-state index contributed by atoms with van der Waals surface area (Å²) in [5.74, 6) is 1.34. The van der Waals surface area contributed by atoms with Crippen LogP contribution in [0.3, 0.4) is 0 Å². The van der Waals surface area contributed by atoms with Crippen LogP contribution in [-0.2, 0) is 6.18 Å². The van der Waals surface area contributed by atoms with E-state index in [4.69, 9.17) is 4.98 Å². The zero-order valence-corrected chi connectivity index (χ0v) is 23.0. The number of alkyl halides is 3. The Morgan fingerprint density at radius 1 is 0.925 bits per heavy atom. The molecule has 210 valence electrons. The lowest BCUT2D eigenvalue weighted by Gasteiger charge is -2.44. The Morgan fingerprint density at radius 2 is 1.62 bits per heavy atom. The van der Waals surface area contributed by atoms with E-state index in [-0.39, 0.29) is 17.6 Å². The van der Waals surface area contributed by atoms with Crippen molar-refractivity contribution in [3.8, 4) is 11.1 Å². The molecular formula is C31H32F3N3O2S. The average molecular weight is 568 g/mol. The Hall–Kier alpha value is -3.04. The Kier molecular flexibility index (Phi) is 7.52. The normalized spacial score (nSPS) is 23.4. The van der Waals surface area contributed by atoms with E-state index in [1.807, 2.05) is 10.3 Å². The lowest BCUT2D eigenvalue weighted by atomic mass is 9.76. The molecule has 2 aromatic carbocycles. The monoisotopic (exact) mass is 567 g/mol. The molecule has 5 heterocycles. The van der Waals surface area contributed by atoms with Crippen LogP contribution in [-0.4, -0.2) is 59.2 Å². The number of piperidine rings is 4. The van der Waals surface area contributed by atoms with Gasteiger partial charge in [0.25, 0.3) is 5.91 Å². The minimum Gasteiger partial charge on any atom is -0.339 e. The molecule has 1 aromatic heterocycles. The molecule has 4 aliphatic heterocycles. The Balaban J connectivity index is 1.08. The van der Waals surface area contributed by atoms with Gasteiger partial charge in [0.2, 0.25) is 0 Å². The highest BCUT2D eigenvalue weighted by molar-refractivity contribution is 7.09. The van der Waals surface area contributed by atoms with Crippen molar-refractivity contribution in [3.63, 3.8) is 0 Å². The third-order valence-corrected chi connectivity index (χ3v) is 9.87. The van der Waals surface area contributed by atoms with Gasteiger partial charge in [0.1, 0.15) is 5.69 Å². The minimum atomic E-state index is -4.41. The number of hydrogen-bond donors (Lipinski definition) is 0. The quantitative estimate of drug-likeness (QED) is 0.309. The van der Waals surface area contributed by atoms with Crippen LogP contribution in [0.4, 0.5) is 13.2 Å². The van der Waals surface area contributed by atoms with Crippen molar-refractivity contribution in [1.29, 1.82) is 0 Å². The van der Waals surface area contributed by atoms with Crippen LogP contribution in [0.2, 0.25) is 0 Å². The number of nitrogens with zero attached hydrogens (tertiary/aromatic N) is 3. The van der Waals surface area contributed by atoms with Gasteiger partial charge in [-0.05, 0) is 79.9 Å². The number of likely N-dealkylation sites (tertiary alicyclic amines) is 1. The van der Waals surface area contributed by atoms with E-state index in [1.54, 1.807) is 35.6 Å². The predicted octanol–water partition coefficient (Wildman–Crippen LogP) is 6.76. The summed E-state index contributed by atoms with van der Waals surface area (Å²) in [5, 5.41) is 2.87. The molecule has 4 saturated heterocycles. The van der Waals surface area contributed by atoms with Crippen LogP contribution in [0.15, 0.2) is 53.9 Å². The third kappa shape index (κ3) is 5.59. The van der Waals surface area contributed by atoms with E-state index >= 15 is 0 Å². The standard InChI is InChI=1S/C31H32F3N3O2S/c32-31(33,34)24-7-5-21(6-8-24)25-3-1-2-4-26(25)30(39)37-15-11-22(12-16-37)29-35-27(19-40-29)28(38)17-23-18-36-13-9-20(23)10-14-36/h1-8,19-20,22-23H,9-18H2. The summed E-state index contributed by atoms with van der Waals surface area (Å²) < 4.78 is 39.0. The molecule has 4 fully saturated rings. The Morgan fingerprint density at radius 3 is 2.27 bits per heavy atom. The van der Waals surface area contributed by atoms with Crippen LogP contribution in [0, 0.1) is 11.8 Å². The average Bonchev–Trinajstić information content (AvgIpc) is 3.48. The predicted molar refractivity (Wildman–Crippen MR) is 148 cm³/mol. The van der Waals surface area contributed by atoms with E-state index in [1.165, 1.54) is 25.0 Å². The number of Topliss-reactive ketones (excluding diaryl/α,β-unsaturated/α-hetero) is 1. The summed E-state index contributed by atoms with van der Waals surface area (Å²) in [7, 11) is 0. The van der Waals surface area contributed by atoms with Crippen LogP contribution in [0.1, 0.15) is 69.4 Å². The molecule has 9 heteroatoms. The first kappa shape index (κ1) is 27.1. The number of carbonyl (C=O) groups excluding carboxylic acids is 2. The minimum absolute atomic E-state index is 0.124. The van der Waals surface area contributed by atoms with Crippen molar-refractivity contribution in [3.05, 3.63) is 75.7 Å². The molecule has 0 spiro atoms. The fourth-order valence-corrected chi connectivity index (χ4v) is 7.52.